The molecule has 1 aromatic rings. The highest BCUT2D eigenvalue weighted by molar-refractivity contribution is 5.96. The van der Waals surface area contributed by atoms with E-state index in [9.17, 15) is 19.7 Å². The minimum Gasteiger partial charge on any atom is -0.358 e. The molecule has 0 saturated heterocycles. The number of amides is 2. The van der Waals surface area contributed by atoms with Gasteiger partial charge in [0.1, 0.15) is 0 Å². The second kappa shape index (κ2) is 5.76. The zero-order valence-corrected chi connectivity index (χ0v) is 10.0. The van der Waals surface area contributed by atoms with E-state index < -0.39 is 4.92 Å². The largest absolute Gasteiger partial charge is 0.358 e. The Bertz CT molecular complexity index is 470. The van der Waals surface area contributed by atoms with Crippen LogP contribution in [0.25, 0.3) is 0 Å². The van der Waals surface area contributed by atoms with Gasteiger partial charge in [-0.1, -0.05) is 0 Å². The molecule has 18 heavy (non-hydrogen) atoms. The number of likely N-dealkylation sites (N-methyl/N-ethyl adjacent to an activating group) is 2. The van der Waals surface area contributed by atoms with Crippen molar-refractivity contribution < 1.29 is 14.5 Å². The Morgan fingerprint density at radius 2 is 1.89 bits per heavy atom. The molecule has 1 rings (SSSR count). The molecule has 0 fully saturated rings. The Morgan fingerprint density at radius 1 is 1.33 bits per heavy atom. The lowest BCUT2D eigenvalue weighted by molar-refractivity contribution is -0.384. The first-order valence-corrected chi connectivity index (χ1v) is 5.16. The fourth-order valence-electron chi connectivity index (χ4n) is 1.31. The van der Waals surface area contributed by atoms with Gasteiger partial charge in [-0.15, -0.1) is 0 Å². The van der Waals surface area contributed by atoms with Gasteiger partial charge in [-0.2, -0.15) is 0 Å². The van der Waals surface area contributed by atoms with Gasteiger partial charge in [0.25, 0.3) is 11.6 Å². The number of nitrogens with one attached hydrogen (secondary N) is 1. The Morgan fingerprint density at radius 3 is 2.33 bits per heavy atom. The number of carbonyl (C=O) groups is 2. The molecule has 0 spiro atoms. The molecule has 2 amide bonds. The normalized spacial score (nSPS) is 9.67. The van der Waals surface area contributed by atoms with E-state index in [0.717, 1.165) is 0 Å². The predicted molar refractivity (Wildman–Crippen MR) is 64.1 cm³/mol. The van der Waals surface area contributed by atoms with Crippen LogP contribution in [0, 0.1) is 10.1 Å². The van der Waals surface area contributed by atoms with Gasteiger partial charge in [-0.3, -0.25) is 19.7 Å². The summed E-state index contributed by atoms with van der Waals surface area (Å²) < 4.78 is 0. The maximum atomic E-state index is 11.9. The average Bonchev–Trinajstić information content (AvgIpc) is 2.37. The van der Waals surface area contributed by atoms with Crippen LogP contribution >= 0.6 is 0 Å². The number of hydrogen-bond acceptors (Lipinski definition) is 4. The standard InChI is InChI=1S/C11H13N3O4/c1-12-10(15)7-13(2)11(16)8-3-5-9(6-4-8)14(17)18/h3-6H,7H2,1-2H3,(H,12,15). The number of nitro benzene ring substituents is 1. The van der Waals surface area contributed by atoms with E-state index in [1.54, 1.807) is 0 Å². The van der Waals surface area contributed by atoms with Crippen LogP contribution in [0.5, 0.6) is 0 Å². The van der Waals surface area contributed by atoms with Crippen molar-refractivity contribution in [2.45, 2.75) is 0 Å². The molecule has 0 saturated carbocycles. The highest BCUT2D eigenvalue weighted by Gasteiger charge is 2.15. The van der Waals surface area contributed by atoms with Crippen LogP contribution in [0.4, 0.5) is 5.69 Å². The van der Waals surface area contributed by atoms with E-state index >= 15 is 0 Å². The van der Waals surface area contributed by atoms with Crippen molar-refractivity contribution in [3.05, 3.63) is 39.9 Å². The minimum atomic E-state index is -0.539. The first kappa shape index (κ1) is 13.6. The summed E-state index contributed by atoms with van der Waals surface area (Å²) in [6.07, 6.45) is 0. The van der Waals surface area contributed by atoms with Gasteiger partial charge in [0.05, 0.1) is 11.5 Å². The van der Waals surface area contributed by atoms with Crippen LogP contribution in [-0.2, 0) is 4.79 Å². The quantitative estimate of drug-likeness (QED) is 0.619. The lowest BCUT2D eigenvalue weighted by atomic mass is 10.2. The van der Waals surface area contributed by atoms with Crippen molar-refractivity contribution in [1.29, 1.82) is 0 Å². The van der Waals surface area contributed by atoms with Gasteiger partial charge in [-0.25, -0.2) is 0 Å². The summed E-state index contributed by atoms with van der Waals surface area (Å²) in [5, 5.41) is 12.9. The van der Waals surface area contributed by atoms with Crippen molar-refractivity contribution >= 4 is 17.5 Å². The highest BCUT2D eigenvalue weighted by atomic mass is 16.6. The molecule has 1 aromatic carbocycles. The number of carbonyl (C=O) groups excluding carboxylic acids is 2. The molecule has 0 aromatic heterocycles. The van der Waals surface area contributed by atoms with Gasteiger partial charge in [0.15, 0.2) is 0 Å². The van der Waals surface area contributed by atoms with Gasteiger partial charge < -0.3 is 10.2 Å². The van der Waals surface area contributed by atoms with E-state index in [4.69, 9.17) is 0 Å². The SMILES string of the molecule is CNC(=O)CN(C)C(=O)c1ccc([N+](=O)[O-])cc1. The molecule has 7 heteroatoms. The smallest absolute Gasteiger partial charge is 0.269 e. The summed E-state index contributed by atoms with van der Waals surface area (Å²) in [6.45, 7) is -0.0632. The molecule has 0 bridgehead atoms. The third-order valence-corrected chi connectivity index (χ3v) is 2.33. The molecule has 0 aliphatic rings. The topological polar surface area (TPSA) is 92.6 Å². The molecule has 0 unspecified atom stereocenters. The number of nitrogens with zero attached hydrogens (tertiary/aromatic N) is 2. The maximum Gasteiger partial charge on any atom is 0.269 e. The van der Waals surface area contributed by atoms with Crippen LogP contribution in [0.3, 0.4) is 0 Å². The Labute approximate surface area is 104 Å². The first-order chi connectivity index (χ1) is 8.45. The first-order valence-electron chi connectivity index (χ1n) is 5.16. The van der Waals surface area contributed by atoms with Gasteiger partial charge in [0.2, 0.25) is 5.91 Å². The lowest BCUT2D eigenvalue weighted by Crippen LogP contribution is -2.36. The minimum absolute atomic E-state index is 0.0632. The highest BCUT2D eigenvalue weighted by Crippen LogP contribution is 2.12. The van der Waals surface area contributed by atoms with Gasteiger partial charge >= 0.3 is 0 Å². The van der Waals surface area contributed by atoms with Crippen LogP contribution < -0.4 is 5.32 Å². The van der Waals surface area contributed by atoms with Crippen LogP contribution in [0.15, 0.2) is 24.3 Å². The summed E-state index contributed by atoms with van der Waals surface area (Å²) in [5.74, 6) is -0.652. The number of non-ortho nitro benzene ring substituents is 1. The average molecular weight is 251 g/mol. The molecule has 0 aliphatic carbocycles. The van der Waals surface area contributed by atoms with E-state index in [2.05, 4.69) is 5.32 Å². The van der Waals surface area contributed by atoms with Crippen molar-refractivity contribution in [3.8, 4) is 0 Å². The van der Waals surface area contributed by atoms with Crippen LogP contribution in [0.2, 0.25) is 0 Å². The van der Waals surface area contributed by atoms with Crippen LogP contribution in [-0.4, -0.2) is 42.3 Å². The van der Waals surface area contributed by atoms with Gasteiger partial charge in [0, 0.05) is 31.8 Å². The zero-order chi connectivity index (χ0) is 13.7. The summed E-state index contributed by atoms with van der Waals surface area (Å²) in [5.41, 5.74) is 0.215. The number of hydrogen-bond donors (Lipinski definition) is 1. The van der Waals surface area contributed by atoms with E-state index in [1.165, 1.54) is 43.3 Å². The lowest BCUT2D eigenvalue weighted by Gasteiger charge is -2.15. The molecule has 96 valence electrons. The van der Waals surface area contributed by atoms with E-state index in [-0.39, 0.29) is 24.0 Å². The number of nitro groups is 1. The molecule has 0 aliphatic heterocycles. The molecule has 7 nitrogen and oxygen atoms in total. The second-order valence-corrected chi connectivity index (χ2v) is 3.64. The number of benzene rings is 1. The molecule has 0 atom stereocenters. The fourth-order valence-corrected chi connectivity index (χ4v) is 1.31. The Kier molecular flexibility index (Phi) is 4.36. The molecule has 0 heterocycles. The predicted octanol–water partition coefficient (Wildman–Crippen LogP) is 0.413. The van der Waals surface area contributed by atoms with Crippen molar-refractivity contribution in [2.24, 2.45) is 0 Å². The second-order valence-electron chi connectivity index (χ2n) is 3.64. The molecular formula is C11H13N3O4. The Balaban J connectivity index is 2.77. The van der Waals surface area contributed by atoms with Crippen molar-refractivity contribution in [1.82, 2.24) is 10.2 Å². The third-order valence-electron chi connectivity index (χ3n) is 2.33. The van der Waals surface area contributed by atoms with Crippen molar-refractivity contribution in [3.63, 3.8) is 0 Å². The Hall–Kier alpha value is -2.44. The van der Waals surface area contributed by atoms with Crippen molar-refractivity contribution in [2.75, 3.05) is 20.6 Å². The monoisotopic (exact) mass is 251 g/mol. The summed E-state index contributed by atoms with van der Waals surface area (Å²) >= 11 is 0. The molecular weight excluding hydrogens is 238 g/mol. The third kappa shape index (κ3) is 3.27. The molecule has 1 N–H and O–H groups in total. The van der Waals surface area contributed by atoms with E-state index in [1.807, 2.05) is 0 Å². The summed E-state index contributed by atoms with van der Waals surface area (Å²) in [6, 6.07) is 5.23. The number of rotatable bonds is 4. The van der Waals surface area contributed by atoms with Gasteiger partial charge in [-0.05, 0) is 12.1 Å². The zero-order valence-electron chi connectivity index (χ0n) is 10.0. The fraction of sp³-hybridized carbons (Fsp3) is 0.273. The molecule has 0 radical (unpaired) electrons. The summed E-state index contributed by atoms with van der Waals surface area (Å²) in [7, 11) is 2.96. The summed E-state index contributed by atoms with van der Waals surface area (Å²) in [4.78, 5) is 34.1. The van der Waals surface area contributed by atoms with Crippen LogP contribution in [0.1, 0.15) is 10.4 Å². The maximum absolute atomic E-state index is 11.9. The van der Waals surface area contributed by atoms with E-state index in [0.29, 0.717) is 5.56 Å².